The fourth-order valence-electron chi connectivity index (χ4n) is 2.06. The first-order valence-electron chi connectivity index (χ1n) is 5.88. The Hall–Kier alpha value is -1.49. The first kappa shape index (κ1) is 13.0. The predicted molar refractivity (Wildman–Crippen MR) is 62.1 cm³/mol. The Morgan fingerprint density at radius 3 is 2.72 bits per heavy atom. The van der Waals surface area contributed by atoms with E-state index in [-0.39, 0.29) is 19.7 Å². The standard InChI is InChI=1S/C13H15F2NO2/c14-12(15)10-6-16-7-11(10)13(17)18-8-9-4-2-1-3-5-9/h1-5,10-12,16H,6-8H2. The maximum Gasteiger partial charge on any atom is 0.311 e. The maximum absolute atomic E-state index is 12.7. The van der Waals surface area contributed by atoms with Gasteiger partial charge in [0.1, 0.15) is 6.61 Å². The number of nitrogens with one attached hydrogen (secondary N) is 1. The summed E-state index contributed by atoms with van der Waals surface area (Å²) in [5.41, 5.74) is 0.852. The van der Waals surface area contributed by atoms with Gasteiger partial charge in [-0.25, -0.2) is 8.78 Å². The van der Waals surface area contributed by atoms with E-state index in [4.69, 9.17) is 4.74 Å². The first-order chi connectivity index (χ1) is 8.68. The Bertz CT molecular complexity index is 397. The van der Waals surface area contributed by atoms with Crippen LogP contribution in [0.3, 0.4) is 0 Å². The summed E-state index contributed by atoms with van der Waals surface area (Å²) >= 11 is 0. The fraction of sp³-hybridized carbons (Fsp3) is 0.462. The van der Waals surface area contributed by atoms with Gasteiger partial charge < -0.3 is 10.1 Å². The Balaban J connectivity index is 1.88. The molecule has 98 valence electrons. The van der Waals surface area contributed by atoms with Gasteiger partial charge in [0, 0.05) is 19.0 Å². The summed E-state index contributed by atoms with van der Waals surface area (Å²) in [7, 11) is 0. The number of ether oxygens (including phenoxy) is 1. The molecule has 0 bridgehead atoms. The number of esters is 1. The Morgan fingerprint density at radius 1 is 1.33 bits per heavy atom. The van der Waals surface area contributed by atoms with Crippen molar-refractivity contribution in [2.24, 2.45) is 11.8 Å². The summed E-state index contributed by atoms with van der Waals surface area (Å²) in [5, 5.41) is 2.80. The first-order valence-corrected chi connectivity index (χ1v) is 5.88. The van der Waals surface area contributed by atoms with Crippen molar-refractivity contribution < 1.29 is 18.3 Å². The lowest BCUT2D eigenvalue weighted by Crippen LogP contribution is -2.29. The van der Waals surface area contributed by atoms with Gasteiger partial charge in [-0.3, -0.25) is 4.79 Å². The van der Waals surface area contributed by atoms with E-state index in [0.29, 0.717) is 0 Å². The van der Waals surface area contributed by atoms with Crippen LogP contribution < -0.4 is 5.32 Å². The highest BCUT2D eigenvalue weighted by molar-refractivity contribution is 5.73. The number of hydrogen-bond donors (Lipinski definition) is 1. The molecular formula is C13H15F2NO2. The van der Waals surface area contributed by atoms with Crippen LogP contribution in [0.25, 0.3) is 0 Å². The number of hydrogen-bond acceptors (Lipinski definition) is 3. The molecule has 1 fully saturated rings. The van der Waals surface area contributed by atoms with Crippen LogP contribution in [0.1, 0.15) is 5.56 Å². The molecule has 1 heterocycles. The molecule has 1 N–H and O–H groups in total. The average molecular weight is 255 g/mol. The molecule has 1 aliphatic heterocycles. The van der Waals surface area contributed by atoms with E-state index in [0.717, 1.165) is 5.56 Å². The van der Waals surface area contributed by atoms with Crippen LogP contribution in [0.2, 0.25) is 0 Å². The van der Waals surface area contributed by atoms with Crippen LogP contribution in [0.15, 0.2) is 30.3 Å². The smallest absolute Gasteiger partial charge is 0.311 e. The molecule has 2 rings (SSSR count). The predicted octanol–water partition coefficient (Wildman–Crippen LogP) is 1.83. The summed E-state index contributed by atoms with van der Waals surface area (Å²) in [4.78, 5) is 11.7. The molecule has 0 amide bonds. The average Bonchev–Trinajstić information content (AvgIpc) is 2.86. The van der Waals surface area contributed by atoms with Gasteiger partial charge in [0.25, 0.3) is 0 Å². The Morgan fingerprint density at radius 2 is 2.06 bits per heavy atom. The van der Waals surface area contributed by atoms with Gasteiger partial charge in [-0.1, -0.05) is 30.3 Å². The summed E-state index contributed by atoms with van der Waals surface area (Å²) in [5.74, 6) is -2.23. The lowest BCUT2D eigenvalue weighted by molar-refractivity contribution is -0.152. The van der Waals surface area contributed by atoms with Crippen molar-refractivity contribution in [3.63, 3.8) is 0 Å². The number of benzene rings is 1. The summed E-state index contributed by atoms with van der Waals surface area (Å²) in [6, 6.07) is 9.18. The third kappa shape index (κ3) is 3.04. The summed E-state index contributed by atoms with van der Waals surface area (Å²) in [6.07, 6.45) is -2.49. The number of carbonyl (C=O) groups excluding carboxylic acids is 1. The number of alkyl halides is 2. The molecule has 5 heteroatoms. The molecule has 1 saturated heterocycles. The van der Waals surface area contributed by atoms with Gasteiger partial charge in [0.05, 0.1) is 5.92 Å². The van der Waals surface area contributed by atoms with Crippen molar-refractivity contribution in [1.82, 2.24) is 5.32 Å². The molecule has 0 saturated carbocycles. The van der Waals surface area contributed by atoms with Crippen LogP contribution in [0.5, 0.6) is 0 Å². The number of carbonyl (C=O) groups is 1. The number of rotatable bonds is 4. The second-order valence-electron chi connectivity index (χ2n) is 4.36. The third-order valence-electron chi connectivity index (χ3n) is 3.11. The maximum atomic E-state index is 12.7. The quantitative estimate of drug-likeness (QED) is 0.834. The molecule has 2 atom stereocenters. The zero-order valence-corrected chi connectivity index (χ0v) is 9.81. The van der Waals surface area contributed by atoms with Gasteiger partial charge in [0.2, 0.25) is 6.43 Å². The lowest BCUT2D eigenvalue weighted by Gasteiger charge is -2.16. The van der Waals surface area contributed by atoms with E-state index < -0.39 is 24.2 Å². The highest BCUT2D eigenvalue weighted by Gasteiger charge is 2.39. The van der Waals surface area contributed by atoms with Crippen molar-refractivity contribution in [2.75, 3.05) is 13.1 Å². The molecule has 1 aliphatic rings. The zero-order valence-electron chi connectivity index (χ0n) is 9.81. The number of halogens is 2. The van der Waals surface area contributed by atoms with E-state index >= 15 is 0 Å². The molecule has 0 aliphatic carbocycles. The van der Waals surface area contributed by atoms with Crippen molar-refractivity contribution >= 4 is 5.97 Å². The molecule has 1 aromatic carbocycles. The van der Waals surface area contributed by atoms with Gasteiger partial charge in [0.15, 0.2) is 0 Å². The second-order valence-corrected chi connectivity index (χ2v) is 4.36. The largest absolute Gasteiger partial charge is 0.461 e. The molecule has 0 spiro atoms. The summed E-state index contributed by atoms with van der Waals surface area (Å²) < 4.78 is 30.4. The van der Waals surface area contributed by atoms with Crippen molar-refractivity contribution in [1.29, 1.82) is 0 Å². The van der Waals surface area contributed by atoms with E-state index in [2.05, 4.69) is 5.32 Å². The highest BCUT2D eigenvalue weighted by atomic mass is 19.3. The second kappa shape index (κ2) is 5.91. The SMILES string of the molecule is O=C(OCc1ccccc1)C1CNCC1C(F)F. The fourth-order valence-corrected chi connectivity index (χ4v) is 2.06. The van der Waals surface area contributed by atoms with Gasteiger partial charge in [-0.2, -0.15) is 0 Å². The summed E-state index contributed by atoms with van der Waals surface area (Å²) in [6.45, 7) is 0.567. The van der Waals surface area contributed by atoms with E-state index in [9.17, 15) is 13.6 Å². The molecule has 3 nitrogen and oxygen atoms in total. The van der Waals surface area contributed by atoms with Gasteiger partial charge >= 0.3 is 5.97 Å². The van der Waals surface area contributed by atoms with Gasteiger partial charge in [-0.15, -0.1) is 0 Å². The van der Waals surface area contributed by atoms with Crippen LogP contribution in [0.4, 0.5) is 8.78 Å². The van der Waals surface area contributed by atoms with E-state index in [1.807, 2.05) is 30.3 Å². The minimum absolute atomic E-state index is 0.131. The molecule has 18 heavy (non-hydrogen) atoms. The normalized spacial score (nSPS) is 23.3. The molecular weight excluding hydrogens is 240 g/mol. The Labute approximate surface area is 104 Å². The molecule has 2 unspecified atom stereocenters. The van der Waals surface area contributed by atoms with Crippen molar-refractivity contribution in [3.8, 4) is 0 Å². The Kier molecular flexibility index (Phi) is 4.25. The van der Waals surface area contributed by atoms with Gasteiger partial charge in [-0.05, 0) is 5.56 Å². The zero-order chi connectivity index (χ0) is 13.0. The monoisotopic (exact) mass is 255 g/mol. The van der Waals surface area contributed by atoms with E-state index in [1.165, 1.54) is 0 Å². The van der Waals surface area contributed by atoms with E-state index in [1.54, 1.807) is 0 Å². The minimum atomic E-state index is -2.49. The molecule has 0 aromatic heterocycles. The molecule has 0 radical (unpaired) electrons. The lowest BCUT2D eigenvalue weighted by atomic mass is 9.97. The van der Waals surface area contributed by atoms with Crippen molar-refractivity contribution in [3.05, 3.63) is 35.9 Å². The van der Waals surface area contributed by atoms with Crippen molar-refractivity contribution in [2.45, 2.75) is 13.0 Å². The topological polar surface area (TPSA) is 38.3 Å². The van der Waals surface area contributed by atoms with Crippen LogP contribution in [-0.4, -0.2) is 25.5 Å². The minimum Gasteiger partial charge on any atom is -0.461 e. The van der Waals surface area contributed by atoms with Crippen LogP contribution in [0, 0.1) is 11.8 Å². The van der Waals surface area contributed by atoms with Crippen LogP contribution >= 0.6 is 0 Å². The third-order valence-corrected chi connectivity index (χ3v) is 3.11. The van der Waals surface area contributed by atoms with Crippen LogP contribution in [-0.2, 0) is 16.1 Å². The highest BCUT2D eigenvalue weighted by Crippen LogP contribution is 2.25. The molecule has 1 aromatic rings.